The van der Waals surface area contributed by atoms with Crippen LogP contribution in [0.15, 0.2) is 4.99 Å². The second kappa shape index (κ2) is 3.62. The topological polar surface area (TPSA) is 50.4 Å². The molecule has 12 heavy (non-hydrogen) atoms. The average molecular weight is 190 g/mol. The van der Waals surface area contributed by atoms with Crippen LogP contribution in [0, 0.1) is 5.41 Å². The first-order chi connectivity index (χ1) is 5.33. The van der Waals surface area contributed by atoms with Crippen LogP contribution >= 0.6 is 12.4 Å². The maximum absolute atomic E-state index is 5.87. The van der Waals surface area contributed by atoms with Gasteiger partial charge in [-0.25, -0.2) is 0 Å². The minimum atomic E-state index is 0. The van der Waals surface area contributed by atoms with Crippen LogP contribution in [0.2, 0.25) is 0 Å². The van der Waals surface area contributed by atoms with Gasteiger partial charge in [0.05, 0.1) is 0 Å². The van der Waals surface area contributed by atoms with E-state index in [2.05, 4.69) is 10.3 Å². The Hall–Kier alpha value is -0.280. The number of hydrogen-bond donors (Lipinski definition) is 2. The van der Waals surface area contributed by atoms with Gasteiger partial charge in [-0.05, 0) is 32.4 Å². The molecule has 2 aliphatic rings. The Kier molecular flexibility index (Phi) is 2.96. The zero-order valence-electron chi connectivity index (χ0n) is 7.18. The maximum Gasteiger partial charge on any atom is 0.100 e. The van der Waals surface area contributed by atoms with E-state index in [1.807, 2.05) is 0 Å². The van der Waals surface area contributed by atoms with Gasteiger partial charge < -0.3 is 11.1 Å². The Morgan fingerprint density at radius 1 is 1.25 bits per heavy atom. The molecule has 0 saturated carbocycles. The highest BCUT2D eigenvalue weighted by atomic mass is 35.5. The monoisotopic (exact) mass is 189 g/mol. The minimum Gasteiger partial charge on any atom is -0.387 e. The van der Waals surface area contributed by atoms with Crippen molar-refractivity contribution in [3.05, 3.63) is 0 Å². The van der Waals surface area contributed by atoms with Crippen molar-refractivity contribution in [1.29, 1.82) is 0 Å². The zero-order valence-corrected chi connectivity index (χ0v) is 7.99. The number of aliphatic imine (C=N–C) groups is 1. The number of rotatable bonds is 0. The van der Waals surface area contributed by atoms with Crippen LogP contribution < -0.4 is 11.1 Å². The summed E-state index contributed by atoms with van der Waals surface area (Å²) >= 11 is 0. The van der Waals surface area contributed by atoms with Crippen LogP contribution in [0.1, 0.15) is 19.3 Å². The molecule has 3 N–H and O–H groups in total. The Balaban J connectivity index is 0.000000720. The number of amidine groups is 1. The van der Waals surface area contributed by atoms with Crippen LogP contribution in [0.4, 0.5) is 0 Å². The van der Waals surface area contributed by atoms with Crippen molar-refractivity contribution in [1.82, 2.24) is 5.32 Å². The minimum absolute atomic E-state index is 0. The van der Waals surface area contributed by atoms with Crippen LogP contribution in [0.3, 0.4) is 0 Å². The fourth-order valence-electron chi connectivity index (χ4n) is 2.10. The van der Waals surface area contributed by atoms with Crippen molar-refractivity contribution in [3.63, 3.8) is 0 Å². The highest BCUT2D eigenvalue weighted by Gasteiger charge is 2.38. The molecule has 3 nitrogen and oxygen atoms in total. The lowest BCUT2D eigenvalue weighted by atomic mass is 9.77. The van der Waals surface area contributed by atoms with E-state index in [9.17, 15) is 0 Å². The van der Waals surface area contributed by atoms with Gasteiger partial charge >= 0.3 is 0 Å². The Morgan fingerprint density at radius 2 is 1.92 bits per heavy atom. The summed E-state index contributed by atoms with van der Waals surface area (Å²) in [4.78, 5) is 4.28. The third-order valence-electron chi connectivity index (χ3n) is 2.98. The molecular weight excluding hydrogens is 174 g/mol. The van der Waals surface area contributed by atoms with E-state index in [0.29, 0.717) is 5.41 Å². The lowest BCUT2D eigenvalue weighted by Crippen LogP contribution is -2.43. The van der Waals surface area contributed by atoms with Crippen molar-refractivity contribution >= 4 is 18.2 Å². The summed E-state index contributed by atoms with van der Waals surface area (Å²) in [6.07, 6.45) is 3.55. The molecular formula is C8H16ClN3. The second-order valence-corrected chi connectivity index (χ2v) is 3.55. The molecule has 2 heterocycles. The van der Waals surface area contributed by atoms with Crippen LogP contribution in [0.5, 0.6) is 0 Å². The van der Waals surface area contributed by atoms with Gasteiger partial charge in [-0.2, -0.15) is 0 Å². The molecule has 0 radical (unpaired) electrons. The second-order valence-electron chi connectivity index (χ2n) is 3.55. The van der Waals surface area contributed by atoms with Gasteiger partial charge in [0.15, 0.2) is 0 Å². The van der Waals surface area contributed by atoms with E-state index in [0.717, 1.165) is 25.5 Å². The van der Waals surface area contributed by atoms with Crippen molar-refractivity contribution in [3.8, 4) is 0 Å². The molecule has 0 aromatic heterocycles. The number of nitrogens with zero attached hydrogens (tertiary/aromatic N) is 1. The molecule has 2 rings (SSSR count). The predicted molar refractivity (Wildman–Crippen MR) is 52.9 cm³/mol. The van der Waals surface area contributed by atoms with Crippen LogP contribution in [-0.4, -0.2) is 25.5 Å². The van der Waals surface area contributed by atoms with Gasteiger partial charge in [-0.15, -0.1) is 12.4 Å². The summed E-state index contributed by atoms with van der Waals surface area (Å²) < 4.78 is 0. The van der Waals surface area contributed by atoms with Gasteiger partial charge in [0, 0.05) is 12.0 Å². The SMILES string of the molecule is Cl.NC1=NCCC12CCNCC2. The first kappa shape index (κ1) is 9.81. The molecule has 1 spiro atoms. The molecule has 0 amide bonds. The first-order valence-corrected chi connectivity index (χ1v) is 4.35. The standard InChI is InChI=1S/C8H15N3.ClH/c9-7-8(3-6-11-7)1-4-10-5-2-8;/h10H,1-6H2,(H2,9,11);1H. The highest BCUT2D eigenvalue weighted by molar-refractivity contribution is 5.88. The van der Waals surface area contributed by atoms with E-state index < -0.39 is 0 Å². The van der Waals surface area contributed by atoms with Gasteiger partial charge in [0.1, 0.15) is 5.84 Å². The van der Waals surface area contributed by atoms with Crippen molar-refractivity contribution in [2.45, 2.75) is 19.3 Å². The molecule has 4 heteroatoms. The molecule has 0 aromatic rings. The Labute approximate surface area is 79.2 Å². The Morgan fingerprint density at radius 3 is 2.42 bits per heavy atom. The van der Waals surface area contributed by atoms with Crippen LogP contribution in [-0.2, 0) is 0 Å². The highest BCUT2D eigenvalue weighted by Crippen LogP contribution is 2.36. The zero-order chi connectivity index (χ0) is 7.73. The van der Waals surface area contributed by atoms with E-state index in [-0.39, 0.29) is 12.4 Å². The summed E-state index contributed by atoms with van der Waals surface area (Å²) in [5.41, 5.74) is 6.16. The summed E-state index contributed by atoms with van der Waals surface area (Å²) in [6.45, 7) is 3.16. The van der Waals surface area contributed by atoms with Gasteiger partial charge in [-0.1, -0.05) is 0 Å². The lowest BCUT2D eigenvalue weighted by Gasteiger charge is -2.33. The van der Waals surface area contributed by atoms with E-state index in [1.54, 1.807) is 0 Å². The molecule has 0 bridgehead atoms. The molecule has 1 fully saturated rings. The average Bonchev–Trinajstić information content (AvgIpc) is 2.36. The molecule has 0 unspecified atom stereocenters. The molecule has 2 aliphatic heterocycles. The third kappa shape index (κ3) is 1.43. The Bertz CT molecular complexity index is 185. The van der Waals surface area contributed by atoms with E-state index in [1.165, 1.54) is 19.3 Å². The quantitative estimate of drug-likeness (QED) is 0.585. The van der Waals surface area contributed by atoms with Gasteiger partial charge in [0.2, 0.25) is 0 Å². The number of piperidine rings is 1. The normalized spacial score (nSPS) is 26.5. The summed E-state index contributed by atoms with van der Waals surface area (Å²) in [5, 5.41) is 3.35. The third-order valence-corrected chi connectivity index (χ3v) is 2.98. The molecule has 1 saturated heterocycles. The molecule has 0 aromatic carbocycles. The molecule has 70 valence electrons. The van der Waals surface area contributed by atoms with Crippen molar-refractivity contribution < 1.29 is 0 Å². The number of nitrogens with one attached hydrogen (secondary N) is 1. The largest absolute Gasteiger partial charge is 0.387 e. The number of nitrogens with two attached hydrogens (primary N) is 1. The molecule has 0 atom stereocenters. The van der Waals surface area contributed by atoms with Gasteiger partial charge in [-0.3, -0.25) is 4.99 Å². The van der Waals surface area contributed by atoms with E-state index in [4.69, 9.17) is 5.73 Å². The van der Waals surface area contributed by atoms with Crippen molar-refractivity contribution in [2.24, 2.45) is 16.1 Å². The fourth-order valence-corrected chi connectivity index (χ4v) is 2.10. The van der Waals surface area contributed by atoms with Crippen molar-refractivity contribution in [2.75, 3.05) is 19.6 Å². The smallest absolute Gasteiger partial charge is 0.100 e. The number of hydrogen-bond acceptors (Lipinski definition) is 3. The predicted octanol–water partition coefficient (Wildman–Crippen LogP) is 0.539. The maximum atomic E-state index is 5.87. The number of halogens is 1. The summed E-state index contributed by atoms with van der Waals surface area (Å²) in [5.74, 6) is 0.916. The summed E-state index contributed by atoms with van der Waals surface area (Å²) in [6, 6.07) is 0. The summed E-state index contributed by atoms with van der Waals surface area (Å²) in [7, 11) is 0. The van der Waals surface area contributed by atoms with E-state index >= 15 is 0 Å². The fraction of sp³-hybridized carbons (Fsp3) is 0.875. The molecule has 0 aliphatic carbocycles. The lowest BCUT2D eigenvalue weighted by molar-refractivity contribution is 0.296. The van der Waals surface area contributed by atoms with Crippen LogP contribution in [0.25, 0.3) is 0 Å². The first-order valence-electron chi connectivity index (χ1n) is 4.35. The van der Waals surface area contributed by atoms with Gasteiger partial charge in [0.25, 0.3) is 0 Å².